The van der Waals surface area contributed by atoms with Crippen LogP contribution in [-0.4, -0.2) is 24.8 Å². The molecule has 4 rings (SSSR count). The summed E-state index contributed by atoms with van der Waals surface area (Å²) in [6, 6.07) is 19.9. The first kappa shape index (κ1) is 15.9. The van der Waals surface area contributed by atoms with E-state index in [9.17, 15) is 0 Å². The summed E-state index contributed by atoms with van der Waals surface area (Å²) < 4.78 is 12.5. The van der Waals surface area contributed by atoms with Crippen LogP contribution < -0.4 is 7.58 Å². The summed E-state index contributed by atoms with van der Waals surface area (Å²) >= 11 is -1.96. The molecule has 0 unspecified atom stereocenters. The molecule has 0 N–H and O–H groups in total. The van der Waals surface area contributed by atoms with E-state index >= 15 is 0 Å². The van der Waals surface area contributed by atoms with Crippen LogP contribution in [0.3, 0.4) is 0 Å². The van der Waals surface area contributed by atoms with E-state index in [4.69, 9.17) is 7.58 Å². The van der Waals surface area contributed by atoms with Gasteiger partial charge in [-0.25, -0.2) is 0 Å². The molecule has 4 aromatic rings. The van der Waals surface area contributed by atoms with Gasteiger partial charge in [-0.05, 0) is 29.5 Å². The minimum atomic E-state index is -1.96. The summed E-state index contributed by atoms with van der Waals surface area (Å²) in [5, 5.41) is 2.97. The molecule has 5 heteroatoms. The number of nitrogens with zero attached hydrogens (tertiary/aromatic N) is 2. The summed E-state index contributed by atoms with van der Waals surface area (Å²) in [6.45, 7) is 2.09. The predicted octanol–water partition coefficient (Wildman–Crippen LogP) is 4.75. The monoisotopic (exact) mass is 344 g/mol. The van der Waals surface area contributed by atoms with Crippen LogP contribution >= 0.6 is 0 Å². The standard InChI is InChI=1S/2C9H7NO.C2H5.Al/c2*11-8-5-1-3-7-4-2-6-10-9(7)8;1-2;/h2*1-6,11H;1H2,2H3;/q;;;+2/p-2. The second-order valence-electron chi connectivity index (χ2n) is 5.74. The fourth-order valence-electron chi connectivity index (χ4n) is 2.82. The van der Waals surface area contributed by atoms with Crippen molar-refractivity contribution in [1.82, 2.24) is 9.97 Å². The molecule has 0 saturated carbocycles. The number of hydrogen-bond acceptors (Lipinski definition) is 4. The first-order valence-corrected chi connectivity index (χ1v) is 10.1. The van der Waals surface area contributed by atoms with Crippen LogP contribution in [0.25, 0.3) is 21.8 Å². The number of para-hydroxylation sites is 2. The van der Waals surface area contributed by atoms with Crippen molar-refractivity contribution in [3.05, 3.63) is 73.1 Å². The lowest BCUT2D eigenvalue weighted by atomic mass is 10.2. The van der Waals surface area contributed by atoms with Crippen LogP contribution in [0, 0.1) is 0 Å². The van der Waals surface area contributed by atoms with Crippen molar-refractivity contribution in [1.29, 1.82) is 0 Å². The van der Waals surface area contributed by atoms with Crippen molar-refractivity contribution >= 4 is 36.6 Å². The van der Waals surface area contributed by atoms with Gasteiger partial charge in [0.05, 0.1) is 0 Å². The third-order valence-corrected chi connectivity index (χ3v) is 5.74. The van der Waals surface area contributed by atoms with Crippen molar-refractivity contribution in [3.63, 3.8) is 0 Å². The van der Waals surface area contributed by atoms with Gasteiger partial charge in [0, 0.05) is 23.2 Å². The topological polar surface area (TPSA) is 44.2 Å². The molecule has 0 saturated heterocycles. The fraction of sp³-hybridized carbons (Fsp3) is 0.100. The largest absolute Gasteiger partial charge is 0.856 e. The van der Waals surface area contributed by atoms with E-state index in [0.717, 1.165) is 38.6 Å². The lowest BCUT2D eigenvalue weighted by Gasteiger charge is -2.17. The summed E-state index contributed by atoms with van der Waals surface area (Å²) in [4.78, 5) is 8.91. The normalized spacial score (nSPS) is 10.8. The first-order valence-electron chi connectivity index (χ1n) is 8.36. The Labute approximate surface area is 151 Å². The molecule has 0 fully saturated rings. The Hall–Kier alpha value is -2.61. The minimum absolute atomic E-state index is 0.782. The molecular weight excluding hydrogens is 327 g/mol. The molecule has 122 valence electrons. The second kappa shape index (κ2) is 7.10. The molecule has 0 radical (unpaired) electrons. The van der Waals surface area contributed by atoms with E-state index in [-0.39, 0.29) is 0 Å². The summed E-state index contributed by atoms with van der Waals surface area (Å²) in [7, 11) is 0. The van der Waals surface area contributed by atoms with Gasteiger partial charge in [-0.15, -0.1) is 0 Å². The predicted molar refractivity (Wildman–Crippen MR) is 101 cm³/mol. The van der Waals surface area contributed by atoms with E-state index < -0.39 is 14.8 Å². The molecule has 2 aromatic heterocycles. The van der Waals surface area contributed by atoms with Crippen molar-refractivity contribution in [3.8, 4) is 11.5 Å². The van der Waals surface area contributed by atoms with E-state index in [1.807, 2.05) is 60.7 Å². The summed E-state index contributed by atoms with van der Waals surface area (Å²) in [5.41, 5.74) is 1.74. The Balaban J connectivity index is 1.64. The summed E-state index contributed by atoms with van der Waals surface area (Å²) in [6.07, 6.45) is 3.57. The third-order valence-electron chi connectivity index (χ3n) is 4.04. The van der Waals surface area contributed by atoms with Gasteiger partial charge in [0.25, 0.3) is 0 Å². The van der Waals surface area contributed by atoms with E-state index in [0.29, 0.717) is 0 Å². The maximum Gasteiger partial charge on any atom is 0.856 e. The lowest BCUT2D eigenvalue weighted by Crippen LogP contribution is -2.29. The Morgan fingerprint density at radius 2 is 1.20 bits per heavy atom. The Bertz CT molecular complexity index is 931. The average Bonchev–Trinajstić information content (AvgIpc) is 2.68. The van der Waals surface area contributed by atoms with Crippen LogP contribution in [-0.2, 0) is 0 Å². The van der Waals surface area contributed by atoms with Gasteiger partial charge in [0.1, 0.15) is 22.5 Å². The fourth-order valence-corrected chi connectivity index (χ4v) is 4.14. The number of fused-ring (bicyclic) bond motifs is 2. The molecule has 0 atom stereocenters. The van der Waals surface area contributed by atoms with Gasteiger partial charge in [-0.2, -0.15) is 0 Å². The smallest absolute Gasteiger partial charge is 0.610 e. The number of benzene rings is 2. The number of aromatic nitrogens is 2. The van der Waals surface area contributed by atoms with Gasteiger partial charge >= 0.3 is 14.8 Å². The summed E-state index contributed by atoms with van der Waals surface area (Å²) in [5.74, 6) is 1.56. The zero-order valence-corrected chi connectivity index (χ0v) is 15.1. The van der Waals surface area contributed by atoms with Crippen molar-refractivity contribution in [2.45, 2.75) is 12.2 Å². The maximum absolute atomic E-state index is 6.26. The van der Waals surface area contributed by atoms with Crippen LogP contribution in [0.4, 0.5) is 0 Å². The van der Waals surface area contributed by atoms with Crippen LogP contribution in [0.1, 0.15) is 6.92 Å². The highest BCUT2D eigenvalue weighted by Gasteiger charge is 2.31. The van der Waals surface area contributed by atoms with Gasteiger partial charge in [0.2, 0.25) is 0 Å². The van der Waals surface area contributed by atoms with Crippen molar-refractivity contribution in [2.75, 3.05) is 0 Å². The first-order chi connectivity index (χ1) is 12.3. The van der Waals surface area contributed by atoms with Crippen LogP contribution in [0.5, 0.6) is 11.5 Å². The van der Waals surface area contributed by atoms with E-state index in [1.165, 1.54) is 0 Å². The Kier molecular flexibility index (Phi) is 4.51. The van der Waals surface area contributed by atoms with Gasteiger partial charge in [0.15, 0.2) is 0 Å². The highest BCUT2D eigenvalue weighted by atomic mass is 27.2. The zero-order valence-electron chi connectivity index (χ0n) is 13.9. The SMILES string of the molecule is C[CH2][Al]([O]c1cccc2cccnc12)[O]c1cccc2cccnc12. The van der Waals surface area contributed by atoms with Crippen molar-refractivity contribution < 1.29 is 7.58 Å². The molecule has 2 aromatic carbocycles. The Morgan fingerprint density at radius 1 is 0.720 bits per heavy atom. The minimum Gasteiger partial charge on any atom is -0.610 e. The average molecular weight is 344 g/mol. The zero-order chi connectivity index (χ0) is 17.1. The molecule has 0 aliphatic rings. The molecule has 0 amide bonds. The van der Waals surface area contributed by atoms with Crippen LogP contribution in [0.15, 0.2) is 73.1 Å². The Morgan fingerprint density at radius 3 is 1.68 bits per heavy atom. The number of pyridine rings is 2. The molecule has 0 aliphatic heterocycles. The van der Waals surface area contributed by atoms with E-state index in [2.05, 4.69) is 16.9 Å². The van der Waals surface area contributed by atoms with Crippen LogP contribution in [0.2, 0.25) is 5.28 Å². The molecule has 2 heterocycles. The van der Waals surface area contributed by atoms with Gasteiger partial charge < -0.3 is 7.58 Å². The number of rotatable bonds is 5. The molecule has 4 nitrogen and oxygen atoms in total. The quantitative estimate of drug-likeness (QED) is 0.490. The molecule has 0 aliphatic carbocycles. The second-order valence-corrected chi connectivity index (χ2v) is 7.88. The molecular formula is C20H17AlN2O2. The van der Waals surface area contributed by atoms with Crippen molar-refractivity contribution in [2.24, 2.45) is 0 Å². The third kappa shape index (κ3) is 3.30. The highest BCUT2D eigenvalue weighted by molar-refractivity contribution is 6.46. The molecule has 0 spiro atoms. The van der Waals surface area contributed by atoms with Gasteiger partial charge in [-0.3, -0.25) is 9.97 Å². The molecule has 0 bridgehead atoms. The maximum atomic E-state index is 6.26. The van der Waals surface area contributed by atoms with Gasteiger partial charge in [-0.1, -0.05) is 43.3 Å². The molecule has 25 heavy (non-hydrogen) atoms. The highest BCUT2D eigenvalue weighted by Crippen LogP contribution is 2.27. The van der Waals surface area contributed by atoms with E-state index in [1.54, 1.807) is 12.4 Å². The lowest BCUT2D eigenvalue weighted by molar-refractivity contribution is 0.427. The number of hydrogen-bond donors (Lipinski definition) is 0.